The molecule has 3 heteroatoms. The molecule has 0 heterocycles. The van der Waals surface area contributed by atoms with Gasteiger partial charge in [0.25, 0.3) is 0 Å². The standard InChI is InChI=1S/C12H14O3/c1-9(7-12(13)14)6-10-4-3-5-11(8-10)15-2/h3-5,8H,1,6-7H2,2H3,(H,13,14). The van der Waals surface area contributed by atoms with Gasteiger partial charge in [-0.1, -0.05) is 24.3 Å². The molecule has 15 heavy (non-hydrogen) atoms. The molecule has 0 amide bonds. The summed E-state index contributed by atoms with van der Waals surface area (Å²) in [6.45, 7) is 3.72. The van der Waals surface area contributed by atoms with Crippen molar-refractivity contribution >= 4 is 5.97 Å². The third kappa shape index (κ3) is 3.85. The number of hydrogen-bond donors (Lipinski definition) is 1. The van der Waals surface area contributed by atoms with E-state index >= 15 is 0 Å². The summed E-state index contributed by atoms with van der Waals surface area (Å²) in [6.07, 6.45) is 0.584. The van der Waals surface area contributed by atoms with Crippen molar-refractivity contribution in [2.45, 2.75) is 12.8 Å². The Bertz CT molecular complexity index is 369. The van der Waals surface area contributed by atoms with Crippen LogP contribution in [-0.2, 0) is 11.2 Å². The van der Waals surface area contributed by atoms with E-state index in [0.29, 0.717) is 12.0 Å². The molecule has 1 N–H and O–H groups in total. The maximum atomic E-state index is 10.4. The Balaban J connectivity index is 2.63. The van der Waals surface area contributed by atoms with Crippen LogP contribution in [0.4, 0.5) is 0 Å². The predicted octanol–water partition coefficient (Wildman–Crippen LogP) is 2.27. The first kappa shape index (κ1) is 11.3. The van der Waals surface area contributed by atoms with E-state index in [9.17, 15) is 4.79 Å². The van der Waals surface area contributed by atoms with Crippen molar-refractivity contribution in [3.05, 3.63) is 42.0 Å². The summed E-state index contributed by atoms with van der Waals surface area (Å²) in [5.74, 6) is -0.0708. The highest BCUT2D eigenvalue weighted by Crippen LogP contribution is 2.16. The summed E-state index contributed by atoms with van der Waals surface area (Å²) in [5.41, 5.74) is 1.70. The Morgan fingerprint density at radius 2 is 2.27 bits per heavy atom. The van der Waals surface area contributed by atoms with E-state index in [1.165, 1.54) is 0 Å². The molecule has 0 fully saturated rings. The number of carboxylic acids is 1. The molecule has 0 unspecified atom stereocenters. The molecule has 3 nitrogen and oxygen atoms in total. The number of rotatable bonds is 5. The number of methoxy groups -OCH3 is 1. The summed E-state index contributed by atoms with van der Waals surface area (Å²) in [4.78, 5) is 10.4. The van der Waals surface area contributed by atoms with Crippen LogP contribution in [0, 0.1) is 0 Å². The van der Waals surface area contributed by atoms with Crippen LogP contribution in [0.2, 0.25) is 0 Å². The zero-order valence-electron chi connectivity index (χ0n) is 8.69. The fourth-order valence-electron chi connectivity index (χ4n) is 1.35. The van der Waals surface area contributed by atoms with Crippen molar-refractivity contribution in [3.8, 4) is 5.75 Å². The van der Waals surface area contributed by atoms with Gasteiger partial charge in [0.15, 0.2) is 0 Å². The first-order valence-electron chi connectivity index (χ1n) is 4.63. The van der Waals surface area contributed by atoms with Crippen LogP contribution in [0.1, 0.15) is 12.0 Å². The van der Waals surface area contributed by atoms with Crippen molar-refractivity contribution in [3.63, 3.8) is 0 Å². The molecule has 0 atom stereocenters. The van der Waals surface area contributed by atoms with Crippen LogP contribution < -0.4 is 4.74 Å². The minimum atomic E-state index is -0.845. The molecule has 0 saturated carbocycles. The van der Waals surface area contributed by atoms with Crippen molar-refractivity contribution in [1.82, 2.24) is 0 Å². The Labute approximate surface area is 89.0 Å². The van der Waals surface area contributed by atoms with Gasteiger partial charge in [-0.2, -0.15) is 0 Å². The third-order valence-corrected chi connectivity index (χ3v) is 1.99. The molecule has 1 aromatic rings. The van der Waals surface area contributed by atoms with E-state index in [1.54, 1.807) is 7.11 Å². The lowest BCUT2D eigenvalue weighted by molar-refractivity contribution is -0.136. The predicted molar refractivity (Wildman–Crippen MR) is 58.1 cm³/mol. The molecular formula is C12H14O3. The minimum Gasteiger partial charge on any atom is -0.497 e. The number of benzene rings is 1. The fourth-order valence-corrected chi connectivity index (χ4v) is 1.35. The SMILES string of the molecule is C=C(CC(=O)O)Cc1cccc(OC)c1. The third-order valence-electron chi connectivity index (χ3n) is 1.99. The minimum absolute atomic E-state index is 0.0111. The molecule has 0 spiro atoms. The van der Waals surface area contributed by atoms with Crippen LogP contribution in [0.3, 0.4) is 0 Å². The molecule has 1 rings (SSSR count). The number of hydrogen-bond acceptors (Lipinski definition) is 2. The molecule has 80 valence electrons. The molecule has 0 aliphatic heterocycles. The van der Waals surface area contributed by atoms with Gasteiger partial charge >= 0.3 is 5.97 Å². The summed E-state index contributed by atoms with van der Waals surface area (Å²) in [6, 6.07) is 7.54. The molecular weight excluding hydrogens is 192 g/mol. The smallest absolute Gasteiger partial charge is 0.307 e. The van der Waals surface area contributed by atoms with Crippen molar-refractivity contribution in [2.75, 3.05) is 7.11 Å². The summed E-state index contributed by atoms with van der Waals surface area (Å²) < 4.78 is 5.07. The van der Waals surface area contributed by atoms with Gasteiger partial charge in [0.2, 0.25) is 0 Å². The van der Waals surface area contributed by atoms with Crippen molar-refractivity contribution in [2.24, 2.45) is 0 Å². The highest BCUT2D eigenvalue weighted by molar-refractivity contribution is 5.69. The lowest BCUT2D eigenvalue weighted by atomic mass is 10.0. The van der Waals surface area contributed by atoms with Gasteiger partial charge in [-0.15, -0.1) is 0 Å². The number of carbonyl (C=O) groups is 1. The second-order valence-electron chi connectivity index (χ2n) is 3.35. The Morgan fingerprint density at radius 1 is 1.53 bits per heavy atom. The molecule has 0 bridgehead atoms. The molecule has 0 saturated heterocycles. The van der Waals surface area contributed by atoms with Gasteiger partial charge in [0.1, 0.15) is 5.75 Å². The zero-order chi connectivity index (χ0) is 11.3. The fraction of sp³-hybridized carbons (Fsp3) is 0.250. The van der Waals surface area contributed by atoms with Gasteiger partial charge in [0, 0.05) is 0 Å². The lowest BCUT2D eigenvalue weighted by Crippen LogP contribution is -1.99. The molecule has 1 aromatic carbocycles. The van der Waals surface area contributed by atoms with E-state index in [4.69, 9.17) is 9.84 Å². The monoisotopic (exact) mass is 206 g/mol. The van der Waals surface area contributed by atoms with Crippen LogP contribution in [-0.4, -0.2) is 18.2 Å². The normalized spacial score (nSPS) is 9.67. The van der Waals surface area contributed by atoms with Gasteiger partial charge < -0.3 is 9.84 Å². The second-order valence-corrected chi connectivity index (χ2v) is 3.35. The molecule has 0 aliphatic rings. The average molecular weight is 206 g/mol. The second kappa shape index (κ2) is 5.20. The maximum absolute atomic E-state index is 10.4. The van der Waals surface area contributed by atoms with Crippen LogP contribution >= 0.6 is 0 Å². The summed E-state index contributed by atoms with van der Waals surface area (Å²) in [7, 11) is 1.60. The molecule has 0 radical (unpaired) electrons. The van der Waals surface area contributed by atoms with Crippen LogP contribution in [0.5, 0.6) is 5.75 Å². The van der Waals surface area contributed by atoms with E-state index < -0.39 is 5.97 Å². The first-order chi connectivity index (χ1) is 7.11. The largest absolute Gasteiger partial charge is 0.497 e. The van der Waals surface area contributed by atoms with E-state index in [0.717, 1.165) is 11.3 Å². The number of carboxylic acid groups (broad SMARTS) is 1. The van der Waals surface area contributed by atoms with Crippen LogP contribution in [0.25, 0.3) is 0 Å². The van der Waals surface area contributed by atoms with Crippen LogP contribution in [0.15, 0.2) is 36.4 Å². The van der Waals surface area contributed by atoms with E-state index in [2.05, 4.69) is 6.58 Å². The maximum Gasteiger partial charge on any atom is 0.307 e. The lowest BCUT2D eigenvalue weighted by Gasteiger charge is -2.05. The Morgan fingerprint density at radius 3 is 2.87 bits per heavy atom. The van der Waals surface area contributed by atoms with Gasteiger partial charge in [-0.25, -0.2) is 0 Å². The average Bonchev–Trinajstić information content (AvgIpc) is 2.16. The quantitative estimate of drug-likeness (QED) is 0.752. The van der Waals surface area contributed by atoms with E-state index in [1.807, 2.05) is 24.3 Å². The molecule has 0 aromatic heterocycles. The van der Waals surface area contributed by atoms with E-state index in [-0.39, 0.29) is 6.42 Å². The van der Waals surface area contributed by atoms with Crippen molar-refractivity contribution in [1.29, 1.82) is 0 Å². The summed E-state index contributed by atoms with van der Waals surface area (Å²) in [5, 5.41) is 8.58. The Kier molecular flexibility index (Phi) is 3.92. The first-order valence-corrected chi connectivity index (χ1v) is 4.63. The number of ether oxygens (including phenoxy) is 1. The summed E-state index contributed by atoms with van der Waals surface area (Å²) >= 11 is 0. The van der Waals surface area contributed by atoms with Gasteiger partial charge in [-0.05, 0) is 24.1 Å². The Hall–Kier alpha value is -1.77. The molecule has 0 aliphatic carbocycles. The topological polar surface area (TPSA) is 46.5 Å². The number of aliphatic carboxylic acids is 1. The van der Waals surface area contributed by atoms with Crippen molar-refractivity contribution < 1.29 is 14.6 Å². The zero-order valence-corrected chi connectivity index (χ0v) is 8.69. The van der Waals surface area contributed by atoms with Gasteiger partial charge in [0.05, 0.1) is 13.5 Å². The highest BCUT2D eigenvalue weighted by Gasteiger charge is 2.03. The van der Waals surface area contributed by atoms with Gasteiger partial charge in [-0.3, -0.25) is 4.79 Å². The highest BCUT2D eigenvalue weighted by atomic mass is 16.5.